The van der Waals surface area contributed by atoms with Crippen molar-refractivity contribution >= 4 is 32.1 Å². The fourth-order valence-corrected chi connectivity index (χ4v) is 3.37. The Hall–Kier alpha value is -2.80. The largest absolute Gasteiger partial charge is 0.573 e. The Labute approximate surface area is 148 Å². The van der Waals surface area contributed by atoms with Crippen LogP contribution in [0.2, 0.25) is 0 Å². The monoisotopic (exact) mass is 403 g/mol. The van der Waals surface area contributed by atoms with E-state index in [2.05, 4.69) is 30.2 Å². The minimum atomic E-state index is -4.86. The number of aromatic nitrogens is 4. The van der Waals surface area contributed by atoms with Crippen molar-refractivity contribution in [3.8, 4) is 5.75 Å². The maximum absolute atomic E-state index is 12.5. The van der Waals surface area contributed by atoms with E-state index in [4.69, 9.17) is 0 Å². The summed E-state index contributed by atoms with van der Waals surface area (Å²) >= 11 is 1.22. The molecule has 0 radical (unpaired) electrons. The third-order valence-corrected chi connectivity index (χ3v) is 5.13. The molecule has 0 spiro atoms. The lowest BCUT2D eigenvalue weighted by Gasteiger charge is -2.09. The predicted molar refractivity (Wildman–Crippen MR) is 83.8 cm³/mol. The maximum atomic E-state index is 12.5. The summed E-state index contributed by atoms with van der Waals surface area (Å²) in [6, 6.07) is 3.79. The van der Waals surface area contributed by atoms with E-state index in [1.54, 1.807) is 0 Å². The zero-order chi connectivity index (χ0) is 18.8. The molecule has 0 atom stereocenters. The van der Waals surface area contributed by atoms with E-state index < -0.39 is 21.9 Å². The summed E-state index contributed by atoms with van der Waals surface area (Å²) in [7, 11) is -4.04. The Kier molecular flexibility index (Phi) is 4.73. The molecular weight excluding hydrogens is 395 g/mol. The average molecular weight is 403 g/mol. The van der Waals surface area contributed by atoms with E-state index in [0.29, 0.717) is 5.13 Å². The molecule has 1 N–H and O–H groups in total. The first kappa shape index (κ1) is 18.0. The number of rotatable bonds is 5. The first-order valence-corrected chi connectivity index (χ1v) is 9.06. The third-order valence-electron chi connectivity index (χ3n) is 2.87. The molecule has 0 aliphatic heterocycles. The van der Waals surface area contributed by atoms with Gasteiger partial charge in [0.05, 0.1) is 17.3 Å². The van der Waals surface area contributed by atoms with E-state index in [9.17, 15) is 21.6 Å². The van der Waals surface area contributed by atoms with Gasteiger partial charge in [-0.2, -0.15) is 0 Å². The molecular formula is C13H8F3N5O3S2. The van der Waals surface area contributed by atoms with E-state index >= 15 is 0 Å². The summed E-state index contributed by atoms with van der Waals surface area (Å²) in [6.07, 6.45) is -2.64. The SMILES string of the molecule is O=S(=O)(c1ccc(OC(F)(F)F)cc1)c1cnc(Nc2nncs2)cn1. The second-order valence-electron chi connectivity index (χ2n) is 4.63. The Bertz CT molecular complexity index is 975. The van der Waals surface area contributed by atoms with Crippen molar-refractivity contribution in [1.82, 2.24) is 20.2 Å². The normalized spacial score (nSPS) is 12.0. The highest BCUT2D eigenvalue weighted by Crippen LogP contribution is 2.26. The second-order valence-corrected chi connectivity index (χ2v) is 7.36. The van der Waals surface area contributed by atoms with Crippen LogP contribution < -0.4 is 10.1 Å². The number of hydrogen-bond donors (Lipinski definition) is 1. The predicted octanol–water partition coefficient (Wildman–Crippen LogP) is 2.80. The van der Waals surface area contributed by atoms with Gasteiger partial charge in [-0.05, 0) is 24.3 Å². The number of hydrogen-bond acceptors (Lipinski definition) is 9. The van der Waals surface area contributed by atoms with Crippen LogP contribution in [0.3, 0.4) is 0 Å². The number of anilines is 2. The number of benzene rings is 1. The molecule has 0 unspecified atom stereocenters. The molecule has 136 valence electrons. The molecule has 3 rings (SSSR count). The Balaban J connectivity index is 1.79. The minimum absolute atomic E-state index is 0.244. The summed E-state index contributed by atoms with van der Waals surface area (Å²) < 4.78 is 65.0. The van der Waals surface area contributed by atoms with Crippen molar-refractivity contribution in [3.63, 3.8) is 0 Å². The topological polar surface area (TPSA) is 107 Å². The first-order valence-electron chi connectivity index (χ1n) is 6.70. The van der Waals surface area contributed by atoms with Crippen LogP contribution in [0, 0.1) is 0 Å². The van der Waals surface area contributed by atoms with Crippen molar-refractivity contribution in [2.75, 3.05) is 5.32 Å². The van der Waals surface area contributed by atoms with Crippen LogP contribution in [-0.4, -0.2) is 34.9 Å². The Morgan fingerprint density at radius 3 is 2.35 bits per heavy atom. The summed E-state index contributed by atoms with van der Waals surface area (Å²) in [5, 5.41) is 10.3. The number of alkyl halides is 3. The van der Waals surface area contributed by atoms with E-state index in [1.807, 2.05) is 0 Å². The first-order chi connectivity index (χ1) is 12.2. The van der Waals surface area contributed by atoms with Crippen molar-refractivity contribution in [3.05, 3.63) is 42.2 Å². The Morgan fingerprint density at radius 1 is 1.08 bits per heavy atom. The molecule has 0 saturated heterocycles. The van der Waals surface area contributed by atoms with Crippen molar-refractivity contribution in [2.24, 2.45) is 0 Å². The van der Waals surface area contributed by atoms with Gasteiger partial charge in [0, 0.05) is 0 Å². The highest BCUT2D eigenvalue weighted by atomic mass is 32.2. The number of nitrogens with zero attached hydrogens (tertiary/aromatic N) is 4. The summed E-state index contributed by atoms with van der Waals surface area (Å²) in [4.78, 5) is 7.50. The third kappa shape index (κ3) is 4.23. The molecule has 2 heterocycles. The molecule has 0 bridgehead atoms. The van der Waals surface area contributed by atoms with Crippen molar-refractivity contribution in [1.29, 1.82) is 0 Å². The summed E-state index contributed by atoms with van der Waals surface area (Å²) in [5.74, 6) is -0.270. The smallest absolute Gasteiger partial charge is 0.406 e. The van der Waals surface area contributed by atoms with Crippen molar-refractivity contribution < 1.29 is 26.3 Å². The average Bonchev–Trinajstić information content (AvgIpc) is 3.07. The number of ether oxygens (including phenoxy) is 1. The quantitative estimate of drug-likeness (QED) is 0.693. The zero-order valence-electron chi connectivity index (χ0n) is 12.5. The van der Waals surface area contributed by atoms with Crippen LogP contribution in [-0.2, 0) is 9.84 Å². The van der Waals surface area contributed by atoms with Gasteiger partial charge in [0.15, 0.2) is 10.8 Å². The number of nitrogens with one attached hydrogen (secondary N) is 1. The van der Waals surface area contributed by atoms with Gasteiger partial charge in [-0.3, -0.25) is 0 Å². The minimum Gasteiger partial charge on any atom is -0.406 e. The number of halogens is 3. The van der Waals surface area contributed by atoms with Crippen LogP contribution in [0.15, 0.2) is 52.1 Å². The fourth-order valence-electron chi connectivity index (χ4n) is 1.80. The van der Waals surface area contributed by atoms with Crippen LogP contribution >= 0.6 is 11.3 Å². The maximum Gasteiger partial charge on any atom is 0.573 e. The molecule has 26 heavy (non-hydrogen) atoms. The van der Waals surface area contributed by atoms with Gasteiger partial charge in [-0.25, -0.2) is 18.4 Å². The molecule has 0 saturated carbocycles. The van der Waals surface area contributed by atoms with Gasteiger partial charge >= 0.3 is 6.36 Å². The molecule has 0 amide bonds. The lowest BCUT2D eigenvalue weighted by Crippen LogP contribution is -2.17. The summed E-state index contributed by atoms with van der Waals surface area (Å²) in [6.45, 7) is 0. The van der Waals surface area contributed by atoms with Crippen molar-refractivity contribution in [2.45, 2.75) is 16.3 Å². The standard InChI is InChI=1S/C13H8F3N5O3S2/c14-13(15,16)24-8-1-3-9(4-2-8)26(22,23)11-6-17-10(5-18-11)20-12-21-19-7-25-12/h1-7H,(H,17,20,21). The van der Waals surface area contributed by atoms with E-state index in [1.165, 1.54) is 23.0 Å². The van der Waals surface area contributed by atoms with Gasteiger partial charge in [0.1, 0.15) is 11.3 Å². The molecule has 13 heteroatoms. The molecule has 8 nitrogen and oxygen atoms in total. The van der Waals surface area contributed by atoms with Gasteiger partial charge in [0.25, 0.3) is 0 Å². The van der Waals surface area contributed by atoms with Crippen LogP contribution in [0.5, 0.6) is 5.75 Å². The highest BCUT2D eigenvalue weighted by molar-refractivity contribution is 7.91. The lowest BCUT2D eigenvalue weighted by molar-refractivity contribution is -0.274. The Morgan fingerprint density at radius 2 is 1.81 bits per heavy atom. The zero-order valence-corrected chi connectivity index (χ0v) is 14.1. The van der Waals surface area contributed by atoms with Crippen LogP contribution in [0.25, 0.3) is 0 Å². The number of sulfone groups is 1. The van der Waals surface area contributed by atoms with Gasteiger partial charge in [0.2, 0.25) is 15.0 Å². The molecule has 0 aliphatic rings. The fraction of sp³-hybridized carbons (Fsp3) is 0.0769. The highest BCUT2D eigenvalue weighted by Gasteiger charge is 2.31. The molecule has 0 fully saturated rings. The molecule has 0 aliphatic carbocycles. The molecule has 1 aromatic carbocycles. The van der Waals surface area contributed by atoms with E-state index in [0.717, 1.165) is 30.5 Å². The van der Waals surface area contributed by atoms with Crippen LogP contribution in [0.4, 0.5) is 24.1 Å². The van der Waals surface area contributed by atoms with Gasteiger partial charge < -0.3 is 10.1 Å². The van der Waals surface area contributed by atoms with Gasteiger partial charge in [-0.1, -0.05) is 11.3 Å². The molecule has 3 aromatic rings. The van der Waals surface area contributed by atoms with Gasteiger partial charge in [-0.15, -0.1) is 23.4 Å². The lowest BCUT2D eigenvalue weighted by atomic mass is 10.3. The summed E-state index contributed by atoms with van der Waals surface area (Å²) in [5.41, 5.74) is 1.50. The van der Waals surface area contributed by atoms with Crippen LogP contribution in [0.1, 0.15) is 0 Å². The molecule has 2 aromatic heterocycles. The van der Waals surface area contributed by atoms with E-state index in [-0.39, 0.29) is 15.7 Å². The second kappa shape index (κ2) is 6.84.